The molecule has 0 heterocycles. The highest BCUT2D eigenvalue weighted by Gasteiger charge is 2.05. The minimum Gasteiger partial charge on any atom is -0.457 e. The highest BCUT2D eigenvalue weighted by Crippen LogP contribution is 2.20. The lowest BCUT2D eigenvalue weighted by Gasteiger charge is -2.09. The molecular formula is C14H9NO2. The van der Waals surface area contributed by atoms with E-state index in [0.717, 1.165) is 0 Å². The highest BCUT2D eigenvalue weighted by atomic mass is 16.5. The molecule has 1 aliphatic carbocycles. The molecule has 3 nitrogen and oxygen atoms in total. The second-order valence-electron chi connectivity index (χ2n) is 3.52. The van der Waals surface area contributed by atoms with Crippen LogP contribution in [0.1, 0.15) is 12.0 Å². The van der Waals surface area contributed by atoms with E-state index in [4.69, 9.17) is 10.00 Å². The van der Waals surface area contributed by atoms with Crippen LogP contribution in [0, 0.1) is 11.3 Å². The van der Waals surface area contributed by atoms with Gasteiger partial charge in [0.2, 0.25) is 0 Å². The Morgan fingerprint density at radius 2 is 2.24 bits per heavy atom. The van der Waals surface area contributed by atoms with Gasteiger partial charge < -0.3 is 4.74 Å². The van der Waals surface area contributed by atoms with Gasteiger partial charge in [0.15, 0.2) is 0 Å². The standard InChI is InChI=1S/C14H9NO2/c15-9-11-3-1-5-13(7-11)17-14-6-2-4-12(8-14)10-16/h1-3,5-8H,4H2. The predicted molar refractivity (Wildman–Crippen MR) is 62.8 cm³/mol. The van der Waals surface area contributed by atoms with Crippen molar-refractivity contribution >= 4 is 5.94 Å². The first-order valence-corrected chi connectivity index (χ1v) is 5.12. The number of hydrogen-bond donors (Lipinski definition) is 0. The number of hydrogen-bond acceptors (Lipinski definition) is 3. The first-order chi connectivity index (χ1) is 8.31. The molecular weight excluding hydrogens is 214 g/mol. The van der Waals surface area contributed by atoms with Gasteiger partial charge in [-0.15, -0.1) is 0 Å². The van der Waals surface area contributed by atoms with Crippen LogP contribution in [0.3, 0.4) is 0 Å². The van der Waals surface area contributed by atoms with Crippen molar-refractivity contribution in [3.05, 3.63) is 59.4 Å². The minimum atomic E-state index is 0.536. The summed E-state index contributed by atoms with van der Waals surface area (Å²) >= 11 is 0. The Hall–Kier alpha value is -2.56. The number of nitriles is 1. The molecule has 0 aliphatic heterocycles. The van der Waals surface area contributed by atoms with Gasteiger partial charge >= 0.3 is 0 Å². The minimum absolute atomic E-state index is 0.536. The third-order valence-corrected chi connectivity index (χ3v) is 2.27. The zero-order valence-electron chi connectivity index (χ0n) is 9.01. The van der Waals surface area contributed by atoms with E-state index in [1.807, 2.05) is 18.1 Å². The average Bonchev–Trinajstić information content (AvgIpc) is 2.39. The van der Waals surface area contributed by atoms with E-state index in [1.165, 1.54) is 0 Å². The predicted octanol–water partition coefficient (Wildman–Crippen LogP) is 2.54. The van der Waals surface area contributed by atoms with Crippen molar-refractivity contribution in [2.45, 2.75) is 6.42 Å². The Kier molecular flexibility index (Phi) is 3.20. The maximum absolute atomic E-state index is 10.5. The Labute approximate surface area is 98.9 Å². The number of benzene rings is 1. The molecule has 2 rings (SSSR count). The molecule has 0 spiro atoms. The van der Waals surface area contributed by atoms with E-state index in [-0.39, 0.29) is 0 Å². The van der Waals surface area contributed by atoms with Crippen LogP contribution < -0.4 is 4.74 Å². The van der Waals surface area contributed by atoms with E-state index in [2.05, 4.69) is 0 Å². The van der Waals surface area contributed by atoms with Crippen LogP contribution in [0.2, 0.25) is 0 Å². The average molecular weight is 223 g/mol. The molecule has 0 fully saturated rings. The van der Waals surface area contributed by atoms with Crippen LogP contribution in [0.5, 0.6) is 5.75 Å². The molecule has 0 bridgehead atoms. The topological polar surface area (TPSA) is 50.1 Å². The molecule has 1 aromatic carbocycles. The third kappa shape index (κ3) is 2.72. The molecule has 0 amide bonds. The normalized spacial score (nSPS) is 13.6. The fraction of sp³-hybridized carbons (Fsp3) is 0.0714. The highest BCUT2D eigenvalue weighted by molar-refractivity contribution is 5.60. The van der Waals surface area contributed by atoms with Gasteiger partial charge in [-0.3, -0.25) is 0 Å². The summed E-state index contributed by atoms with van der Waals surface area (Å²) in [4.78, 5) is 10.5. The van der Waals surface area contributed by atoms with E-state index in [9.17, 15) is 4.79 Å². The van der Waals surface area contributed by atoms with E-state index < -0.39 is 0 Å². The van der Waals surface area contributed by atoms with E-state index in [0.29, 0.717) is 29.1 Å². The van der Waals surface area contributed by atoms with Gasteiger partial charge in [-0.05, 0) is 30.4 Å². The second-order valence-corrected chi connectivity index (χ2v) is 3.52. The summed E-state index contributed by atoms with van der Waals surface area (Å²) < 4.78 is 5.55. The monoisotopic (exact) mass is 223 g/mol. The van der Waals surface area contributed by atoms with Crippen molar-refractivity contribution in [3.8, 4) is 11.8 Å². The molecule has 82 valence electrons. The second kappa shape index (κ2) is 4.98. The Balaban J connectivity index is 2.21. The molecule has 0 unspecified atom stereocenters. The zero-order chi connectivity index (χ0) is 12.1. The molecule has 0 atom stereocenters. The van der Waals surface area contributed by atoms with Crippen molar-refractivity contribution in [2.75, 3.05) is 0 Å². The number of rotatable bonds is 2. The van der Waals surface area contributed by atoms with Crippen molar-refractivity contribution in [1.29, 1.82) is 5.26 Å². The lowest BCUT2D eigenvalue weighted by atomic mass is 10.1. The van der Waals surface area contributed by atoms with Gasteiger partial charge in [-0.1, -0.05) is 12.1 Å². The fourth-order valence-corrected chi connectivity index (χ4v) is 1.48. The van der Waals surface area contributed by atoms with Crippen LogP contribution >= 0.6 is 0 Å². The maximum atomic E-state index is 10.5. The van der Waals surface area contributed by atoms with Crippen LogP contribution in [0.25, 0.3) is 0 Å². The van der Waals surface area contributed by atoms with Crippen molar-refractivity contribution in [1.82, 2.24) is 0 Å². The van der Waals surface area contributed by atoms with Gasteiger partial charge in [0.1, 0.15) is 17.5 Å². The van der Waals surface area contributed by atoms with Gasteiger partial charge in [0.25, 0.3) is 0 Å². The molecule has 0 saturated heterocycles. The van der Waals surface area contributed by atoms with Crippen molar-refractivity contribution in [2.24, 2.45) is 0 Å². The van der Waals surface area contributed by atoms with Crippen LogP contribution in [-0.2, 0) is 4.79 Å². The van der Waals surface area contributed by atoms with E-state index in [1.54, 1.807) is 36.4 Å². The number of carbonyl (C=O) groups excluding carboxylic acids is 1. The molecule has 0 aromatic heterocycles. The lowest BCUT2D eigenvalue weighted by molar-refractivity contribution is 0.442. The van der Waals surface area contributed by atoms with Crippen LogP contribution in [0.4, 0.5) is 0 Å². The molecule has 1 aliphatic rings. The summed E-state index contributed by atoms with van der Waals surface area (Å²) in [7, 11) is 0. The SMILES string of the molecule is N#Cc1cccc(OC2=CC(=C=O)CC=C2)c1. The first kappa shape index (κ1) is 10.9. The van der Waals surface area contributed by atoms with Crippen molar-refractivity contribution in [3.63, 3.8) is 0 Å². The number of allylic oxidation sites excluding steroid dienone is 4. The number of ether oxygens (including phenoxy) is 1. The Morgan fingerprint density at radius 3 is 3.00 bits per heavy atom. The van der Waals surface area contributed by atoms with Crippen molar-refractivity contribution < 1.29 is 9.53 Å². The molecule has 0 N–H and O–H groups in total. The summed E-state index contributed by atoms with van der Waals surface area (Å²) in [5.74, 6) is 3.00. The Bertz CT molecular complexity index is 584. The first-order valence-electron chi connectivity index (χ1n) is 5.12. The van der Waals surface area contributed by atoms with Gasteiger partial charge in [0, 0.05) is 12.0 Å². The number of nitrogens with zero attached hydrogens (tertiary/aromatic N) is 1. The fourth-order valence-electron chi connectivity index (χ4n) is 1.48. The van der Waals surface area contributed by atoms with Gasteiger partial charge in [0.05, 0.1) is 11.6 Å². The molecule has 17 heavy (non-hydrogen) atoms. The lowest BCUT2D eigenvalue weighted by Crippen LogP contribution is -1.97. The van der Waals surface area contributed by atoms with Gasteiger partial charge in [-0.2, -0.15) is 5.26 Å². The molecule has 3 heteroatoms. The van der Waals surface area contributed by atoms with Gasteiger partial charge in [-0.25, -0.2) is 4.79 Å². The Morgan fingerprint density at radius 1 is 1.35 bits per heavy atom. The quantitative estimate of drug-likeness (QED) is 0.724. The summed E-state index contributed by atoms with van der Waals surface area (Å²) in [5, 5.41) is 8.76. The summed E-state index contributed by atoms with van der Waals surface area (Å²) in [6.07, 6.45) is 5.85. The summed E-state index contributed by atoms with van der Waals surface area (Å²) in [6, 6.07) is 8.89. The molecule has 0 radical (unpaired) electrons. The zero-order valence-corrected chi connectivity index (χ0v) is 9.01. The van der Waals surface area contributed by atoms with Crippen LogP contribution in [-0.4, -0.2) is 5.94 Å². The molecule has 0 saturated carbocycles. The summed E-state index contributed by atoms with van der Waals surface area (Å²) in [6.45, 7) is 0. The maximum Gasteiger partial charge on any atom is 0.128 e. The van der Waals surface area contributed by atoms with Crippen LogP contribution in [0.15, 0.2) is 53.8 Å². The summed E-state index contributed by atoms with van der Waals surface area (Å²) in [5.41, 5.74) is 1.09. The largest absolute Gasteiger partial charge is 0.457 e. The third-order valence-electron chi connectivity index (χ3n) is 2.27. The van der Waals surface area contributed by atoms with E-state index >= 15 is 0 Å². The molecule has 1 aromatic rings. The smallest absolute Gasteiger partial charge is 0.128 e.